The monoisotopic (exact) mass is 350 g/mol. The van der Waals surface area contributed by atoms with Gasteiger partial charge in [-0.2, -0.15) is 0 Å². The van der Waals surface area contributed by atoms with Crippen molar-refractivity contribution < 1.29 is 28.5 Å². The smallest absolute Gasteiger partial charge is 0.410 e. The van der Waals surface area contributed by atoms with Crippen LogP contribution in [0.5, 0.6) is 0 Å². The third-order valence-electron chi connectivity index (χ3n) is 4.06. The van der Waals surface area contributed by atoms with Crippen LogP contribution in [0.3, 0.4) is 0 Å². The highest BCUT2D eigenvalue weighted by Crippen LogP contribution is 2.21. The normalized spacial score (nSPS) is 15.3. The average molecular weight is 350 g/mol. The van der Waals surface area contributed by atoms with Crippen LogP contribution in [0.4, 0.5) is 9.32 Å². The molecular formula is C16H31FN2O5. The topological polar surface area (TPSA) is 77.1 Å². The molecule has 7 nitrogen and oxygen atoms in total. The van der Waals surface area contributed by atoms with Crippen LogP contribution in [0.25, 0.3) is 0 Å². The quantitative estimate of drug-likeness (QED) is 0.613. The highest BCUT2D eigenvalue weighted by atomic mass is 19.3. The second-order valence-corrected chi connectivity index (χ2v) is 6.28. The summed E-state index contributed by atoms with van der Waals surface area (Å²) < 4.78 is 22.4. The van der Waals surface area contributed by atoms with E-state index in [9.17, 15) is 14.1 Å². The minimum atomic E-state index is -1.71. The number of likely N-dealkylation sites (N-methyl/N-ethyl adjacent to an activating group) is 1. The maximum absolute atomic E-state index is 12.4. The zero-order valence-electron chi connectivity index (χ0n) is 15.7. The fourth-order valence-electron chi connectivity index (χ4n) is 2.50. The van der Waals surface area contributed by atoms with Crippen LogP contribution in [-0.4, -0.2) is 55.5 Å². The van der Waals surface area contributed by atoms with Crippen LogP contribution in [0, 0.1) is 5.92 Å². The van der Waals surface area contributed by atoms with Crippen LogP contribution >= 0.6 is 0 Å². The van der Waals surface area contributed by atoms with Crippen LogP contribution in [0.1, 0.15) is 47.5 Å². The van der Waals surface area contributed by atoms with Crippen LogP contribution in [-0.2, 0) is 19.2 Å². The minimum absolute atomic E-state index is 0.0975. The van der Waals surface area contributed by atoms with Gasteiger partial charge in [-0.15, -0.1) is 4.94 Å². The number of carbonyl (C=O) groups is 2. The SMILES string of the molecule is CCC(C)C(C(CC)OC)N(C)C(=O)CNC(=O)OC(C)(C)OF. The lowest BCUT2D eigenvalue weighted by Gasteiger charge is -2.37. The summed E-state index contributed by atoms with van der Waals surface area (Å²) in [5, 5.41) is 2.30. The number of nitrogens with one attached hydrogen (secondary N) is 1. The van der Waals surface area contributed by atoms with Gasteiger partial charge >= 0.3 is 6.09 Å². The second-order valence-electron chi connectivity index (χ2n) is 6.28. The van der Waals surface area contributed by atoms with Crippen LogP contribution < -0.4 is 5.32 Å². The molecule has 0 aliphatic rings. The molecule has 0 aliphatic carbocycles. The van der Waals surface area contributed by atoms with Crippen molar-refractivity contribution in [2.45, 2.75) is 65.4 Å². The van der Waals surface area contributed by atoms with Gasteiger partial charge in [-0.3, -0.25) is 4.79 Å². The van der Waals surface area contributed by atoms with E-state index >= 15 is 0 Å². The third kappa shape index (κ3) is 7.00. The lowest BCUT2D eigenvalue weighted by Crippen LogP contribution is -2.51. The predicted octanol–water partition coefficient (Wildman–Crippen LogP) is 2.65. The first kappa shape index (κ1) is 22.6. The van der Waals surface area contributed by atoms with E-state index in [0.29, 0.717) is 0 Å². The Morgan fingerprint density at radius 1 is 1.25 bits per heavy atom. The third-order valence-corrected chi connectivity index (χ3v) is 4.06. The minimum Gasteiger partial charge on any atom is -0.414 e. The van der Waals surface area contributed by atoms with Gasteiger partial charge in [0.2, 0.25) is 11.7 Å². The Labute approximate surface area is 143 Å². The Morgan fingerprint density at radius 3 is 2.25 bits per heavy atom. The van der Waals surface area contributed by atoms with E-state index in [1.807, 2.05) is 13.8 Å². The highest BCUT2D eigenvalue weighted by Gasteiger charge is 2.32. The largest absolute Gasteiger partial charge is 0.414 e. The molecule has 3 atom stereocenters. The molecule has 0 saturated heterocycles. The maximum atomic E-state index is 12.4. The van der Waals surface area contributed by atoms with Crippen molar-refractivity contribution in [1.29, 1.82) is 0 Å². The molecule has 0 radical (unpaired) electrons. The van der Waals surface area contributed by atoms with E-state index in [2.05, 4.69) is 17.2 Å². The van der Waals surface area contributed by atoms with Gasteiger partial charge < -0.3 is 19.7 Å². The number of methoxy groups -OCH3 is 1. The first-order valence-corrected chi connectivity index (χ1v) is 8.18. The number of hydrogen-bond donors (Lipinski definition) is 1. The Morgan fingerprint density at radius 2 is 1.83 bits per heavy atom. The van der Waals surface area contributed by atoms with Crippen LogP contribution in [0.15, 0.2) is 0 Å². The van der Waals surface area contributed by atoms with Crippen molar-refractivity contribution >= 4 is 12.0 Å². The zero-order valence-corrected chi connectivity index (χ0v) is 15.7. The van der Waals surface area contributed by atoms with E-state index in [1.54, 1.807) is 19.1 Å². The van der Waals surface area contributed by atoms with Gasteiger partial charge in [-0.1, -0.05) is 27.2 Å². The van der Waals surface area contributed by atoms with Gasteiger partial charge in [0.05, 0.1) is 12.1 Å². The Kier molecular flexibility index (Phi) is 9.84. The summed E-state index contributed by atoms with van der Waals surface area (Å²) in [5.74, 6) is -1.76. The van der Waals surface area contributed by atoms with Gasteiger partial charge in [-0.05, 0) is 16.9 Å². The molecule has 0 heterocycles. The number of halogens is 1. The van der Waals surface area contributed by atoms with Gasteiger partial charge in [-0.25, -0.2) is 4.79 Å². The molecule has 142 valence electrons. The molecule has 2 amide bonds. The summed E-state index contributed by atoms with van der Waals surface area (Å²) in [7, 11) is 3.30. The highest BCUT2D eigenvalue weighted by molar-refractivity contribution is 5.82. The number of alkyl carbamates (subject to hydrolysis) is 1. The molecule has 0 spiro atoms. The molecule has 3 unspecified atom stereocenters. The summed E-state index contributed by atoms with van der Waals surface area (Å²) in [6, 6.07) is -0.110. The van der Waals surface area contributed by atoms with E-state index in [0.717, 1.165) is 12.8 Å². The molecule has 0 rings (SSSR count). The van der Waals surface area contributed by atoms with E-state index in [-0.39, 0.29) is 30.5 Å². The maximum Gasteiger partial charge on any atom is 0.410 e. The summed E-state index contributed by atoms with van der Waals surface area (Å²) in [6.07, 6.45) is 0.623. The molecular weight excluding hydrogens is 319 g/mol. The number of hydrogen-bond acceptors (Lipinski definition) is 5. The average Bonchev–Trinajstić information content (AvgIpc) is 2.55. The molecule has 0 aromatic carbocycles. The molecule has 0 bridgehead atoms. The van der Waals surface area contributed by atoms with Gasteiger partial charge in [0.1, 0.15) is 6.54 Å². The van der Waals surface area contributed by atoms with Crippen molar-refractivity contribution in [2.75, 3.05) is 20.7 Å². The first-order chi connectivity index (χ1) is 11.1. The number of ether oxygens (including phenoxy) is 2. The Balaban J connectivity index is 4.79. The van der Waals surface area contributed by atoms with Crippen molar-refractivity contribution in [3.63, 3.8) is 0 Å². The molecule has 24 heavy (non-hydrogen) atoms. The summed E-state index contributed by atoms with van der Waals surface area (Å²) in [4.78, 5) is 29.0. The number of amides is 2. The van der Waals surface area contributed by atoms with Crippen molar-refractivity contribution in [1.82, 2.24) is 10.2 Å². The standard InChI is InChI=1S/C16H31FN2O5/c1-8-11(3)14(12(9-2)22-7)19(6)13(20)10-18-15(21)23-16(4,5)24-17/h11-12,14H,8-10H2,1-7H3,(H,18,21). The van der Waals surface area contributed by atoms with E-state index < -0.39 is 11.9 Å². The van der Waals surface area contributed by atoms with Gasteiger partial charge in [0.25, 0.3) is 0 Å². The van der Waals surface area contributed by atoms with Gasteiger partial charge in [0, 0.05) is 28.0 Å². The van der Waals surface area contributed by atoms with Gasteiger partial charge in [0.15, 0.2) is 0 Å². The van der Waals surface area contributed by atoms with E-state index in [1.165, 1.54) is 13.8 Å². The summed E-state index contributed by atoms with van der Waals surface area (Å²) in [6.45, 7) is 8.32. The fourth-order valence-corrected chi connectivity index (χ4v) is 2.50. The lowest BCUT2D eigenvalue weighted by atomic mass is 9.91. The zero-order chi connectivity index (χ0) is 18.9. The number of nitrogens with zero attached hydrogens (tertiary/aromatic N) is 1. The number of rotatable bonds is 10. The molecule has 0 aromatic rings. The van der Waals surface area contributed by atoms with E-state index in [4.69, 9.17) is 9.47 Å². The molecule has 8 heteroatoms. The second kappa shape index (κ2) is 10.5. The molecule has 0 fully saturated rings. The molecule has 1 N–H and O–H groups in total. The predicted molar refractivity (Wildman–Crippen MR) is 87.9 cm³/mol. The Hall–Kier alpha value is -1.41. The van der Waals surface area contributed by atoms with Crippen LogP contribution in [0.2, 0.25) is 0 Å². The first-order valence-electron chi connectivity index (χ1n) is 8.18. The summed E-state index contributed by atoms with van der Waals surface area (Å²) >= 11 is 0. The number of carbonyl (C=O) groups excluding carboxylic acids is 2. The molecule has 0 aliphatic heterocycles. The van der Waals surface area contributed by atoms with Crippen molar-refractivity contribution in [3.05, 3.63) is 0 Å². The van der Waals surface area contributed by atoms with Crippen molar-refractivity contribution in [3.8, 4) is 0 Å². The fraction of sp³-hybridized carbons (Fsp3) is 0.875. The summed E-state index contributed by atoms with van der Waals surface area (Å²) in [5.41, 5.74) is 0. The molecule has 0 saturated carbocycles. The van der Waals surface area contributed by atoms with Crippen molar-refractivity contribution in [2.24, 2.45) is 5.92 Å². The lowest BCUT2D eigenvalue weighted by molar-refractivity contribution is -0.307. The molecule has 0 aromatic heterocycles. The Bertz CT molecular complexity index is 402.